The Bertz CT molecular complexity index is 654. The largest absolute Gasteiger partial charge is 0.434 e. The number of fused-ring (bicyclic) bond motifs is 2. The molecule has 3 nitrogen and oxygen atoms in total. The van der Waals surface area contributed by atoms with Crippen molar-refractivity contribution in [2.45, 2.75) is 46.6 Å². The summed E-state index contributed by atoms with van der Waals surface area (Å²) in [4.78, 5) is 0. The lowest BCUT2D eigenvalue weighted by atomic mass is 9.70. The molecule has 0 radical (unpaired) electrons. The van der Waals surface area contributed by atoms with Crippen LogP contribution in [0.5, 0.6) is 5.75 Å². The monoisotopic (exact) mass is 320 g/mol. The lowest BCUT2D eigenvalue weighted by molar-refractivity contribution is -0.0499. The van der Waals surface area contributed by atoms with Gasteiger partial charge in [0.05, 0.1) is 6.21 Å². The molecule has 2 bridgehead atoms. The quantitative estimate of drug-likeness (QED) is 0.573. The van der Waals surface area contributed by atoms with E-state index in [1.165, 1.54) is 18.7 Å². The van der Waals surface area contributed by atoms with Gasteiger partial charge in [-0.1, -0.05) is 32.9 Å². The van der Waals surface area contributed by atoms with Crippen LogP contribution in [0.15, 0.2) is 34.5 Å². The number of benzene rings is 1. The van der Waals surface area contributed by atoms with E-state index in [1.54, 1.807) is 18.2 Å². The minimum absolute atomic E-state index is 0.0913. The molecule has 0 aromatic heterocycles. The van der Waals surface area contributed by atoms with E-state index >= 15 is 0 Å². The molecule has 1 aromatic rings. The van der Waals surface area contributed by atoms with Gasteiger partial charge in [-0.3, -0.25) is 0 Å². The fourth-order valence-corrected chi connectivity index (χ4v) is 4.03. The molecule has 2 atom stereocenters. The third kappa shape index (κ3) is 2.66. The summed E-state index contributed by atoms with van der Waals surface area (Å²) in [7, 11) is 0. The highest BCUT2D eigenvalue weighted by Gasteiger charge is 2.59. The first kappa shape index (κ1) is 16.1. The Balaban J connectivity index is 1.80. The molecular formula is C18H22F2N2O. The molecule has 2 unspecified atom stereocenters. The van der Waals surface area contributed by atoms with Crippen LogP contribution in [0, 0.1) is 16.7 Å². The highest BCUT2D eigenvalue weighted by molar-refractivity contribution is 5.95. The van der Waals surface area contributed by atoms with Crippen LogP contribution < -0.4 is 4.74 Å². The summed E-state index contributed by atoms with van der Waals surface area (Å²) < 4.78 is 29.3. The van der Waals surface area contributed by atoms with Crippen LogP contribution in [0.3, 0.4) is 0 Å². The first-order chi connectivity index (χ1) is 10.8. The average Bonchev–Trinajstić information content (AvgIpc) is 2.82. The highest BCUT2D eigenvalue weighted by atomic mass is 19.3. The number of hydrogen-bond donors (Lipinski definition) is 0. The maximum atomic E-state index is 12.4. The summed E-state index contributed by atoms with van der Waals surface area (Å²) in [5.74, 6) is 0.779. The molecule has 5 heteroatoms. The van der Waals surface area contributed by atoms with Gasteiger partial charge in [0.2, 0.25) is 0 Å². The van der Waals surface area contributed by atoms with Gasteiger partial charge in [-0.15, -0.1) is 0 Å². The predicted octanol–water partition coefficient (Wildman–Crippen LogP) is 4.91. The molecule has 2 fully saturated rings. The number of hydrogen-bond acceptors (Lipinski definition) is 3. The number of ether oxygens (including phenoxy) is 1. The minimum atomic E-state index is -2.85. The number of halogens is 2. The van der Waals surface area contributed by atoms with Gasteiger partial charge in [0, 0.05) is 16.7 Å². The molecule has 2 saturated carbocycles. The normalized spacial score (nSPS) is 30.7. The first-order valence-corrected chi connectivity index (χ1v) is 7.99. The molecule has 0 N–H and O–H groups in total. The Morgan fingerprint density at radius 2 is 2.00 bits per heavy atom. The van der Waals surface area contributed by atoms with Gasteiger partial charge >= 0.3 is 6.61 Å². The van der Waals surface area contributed by atoms with Gasteiger partial charge in [-0.25, -0.2) is 0 Å². The summed E-state index contributed by atoms with van der Waals surface area (Å²) >= 11 is 0. The Labute approximate surface area is 135 Å². The lowest BCUT2D eigenvalue weighted by Gasteiger charge is -2.34. The maximum Gasteiger partial charge on any atom is 0.387 e. The van der Waals surface area contributed by atoms with Gasteiger partial charge in [-0.2, -0.15) is 19.0 Å². The molecule has 0 spiro atoms. The summed E-state index contributed by atoms with van der Waals surface area (Å²) in [5.41, 5.74) is 1.97. The fourth-order valence-electron chi connectivity index (χ4n) is 4.03. The van der Waals surface area contributed by atoms with Gasteiger partial charge in [0.1, 0.15) is 5.75 Å². The van der Waals surface area contributed by atoms with E-state index in [1.807, 2.05) is 0 Å². The average molecular weight is 320 g/mol. The van der Waals surface area contributed by atoms with Crippen molar-refractivity contribution < 1.29 is 13.5 Å². The van der Waals surface area contributed by atoms with E-state index in [0.717, 1.165) is 18.6 Å². The van der Waals surface area contributed by atoms with Crippen LogP contribution in [0.1, 0.15) is 45.6 Å². The molecule has 0 saturated heterocycles. The maximum absolute atomic E-state index is 12.4. The number of nitrogens with zero attached hydrogens (tertiary/aromatic N) is 2. The van der Waals surface area contributed by atoms with E-state index in [9.17, 15) is 8.78 Å². The smallest absolute Gasteiger partial charge is 0.387 e. The van der Waals surface area contributed by atoms with E-state index in [0.29, 0.717) is 11.5 Å². The van der Waals surface area contributed by atoms with Crippen molar-refractivity contribution in [1.29, 1.82) is 0 Å². The SMILES string of the molecule is CC12CCC(C/C1=N\N=C\c1ccccc1OC(F)F)C2(C)C. The summed E-state index contributed by atoms with van der Waals surface area (Å²) in [6.45, 7) is 4.04. The molecule has 23 heavy (non-hydrogen) atoms. The van der Waals surface area contributed by atoms with E-state index in [-0.39, 0.29) is 16.6 Å². The van der Waals surface area contributed by atoms with E-state index in [2.05, 4.69) is 35.7 Å². The molecule has 0 aliphatic heterocycles. The summed E-state index contributed by atoms with van der Waals surface area (Å²) in [5, 5.41) is 8.59. The van der Waals surface area contributed by atoms with Gasteiger partial charge in [0.25, 0.3) is 0 Å². The van der Waals surface area contributed by atoms with Crippen molar-refractivity contribution in [3.05, 3.63) is 29.8 Å². The van der Waals surface area contributed by atoms with Crippen LogP contribution in [0.2, 0.25) is 0 Å². The van der Waals surface area contributed by atoms with Crippen LogP contribution in [-0.2, 0) is 0 Å². The van der Waals surface area contributed by atoms with Crippen molar-refractivity contribution in [2.75, 3.05) is 0 Å². The van der Waals surface area contributed by atoms with Gasteiger partial charge < -0.3 is 4.74 Å². The zero-order chi connectivity index (χ0) is 16.7. The van der Waals surface area contributed by atoms with Crippen molar-refractivity contribution in [2.24, 2.45) is 27.0 Å². The van der Waals surface area contributed by atoms with Crippen molar-refractivity contribution in [3.63, 3.8) is 0 Å². The molecular weight excluding hydrogens is 298 g/mol. The molecule has 1 aromatic carbocycles. The zero-order valence-corrected chi connectivity index (χ0v) is 13.7. The fraction of sp³-hybridized carbons (Fsp3) is 0.556. The van der Waals surface area contributed by atoms with Crippen molar-refractivity contribution >= 4 is 11.9 Å². The lowest BCUT2D eigenvalue weighted by Crippen LogP contribution is -2.32. The topological polar surface area (TPSA) is 34.0 Å². The van der Waals surface area contributed by atoms with Gasteiger partial charge in [-0.05, 0) is 42.7 Å². The Kier molecular flexibility index (Phi) is 3.98. The van der Waals surface area contributed by atoms with Crippen molar-refractivity contribution in [1.82, 2.24) is 0 Å². The summed E-state index contributed by atoms with van der Waals surface area (Å²) in [6, 6.07) is 6.60. The third-order valence-corrected chi connectivity index (χ3v) is 6.02. The zero-order valence-electron chi connectivity index (χ0n) is 13.7. The second-order valence-electron chi connectivity index (χ2n) is 7.20. The number of alkyl halides is 2. The predicted molar refractivity (Wildman–Crippen MR) is 87.3 cm³/mol. The molecule has 3 rings (SSSR count). The molecule has 2 aliphatic carbocycles. The Morgan fingerprint density at radius 3 is 2.61 bits per heavy atom. The van der Waals surface area contributed by atoms with Crippen LogP contribution in [0.25, 0.3) is 0 Å². The van der Waals surface area contributed by atoms with Gasteiger partial charge in [0.15, 0.2) is 0 Å². The number of rotatable bonds is 4. The molecule has 2 aliphatic rings. The molecule has 124 valence electrons. The molecule has 0 heterocycles. The second-order valence-corrected chi connectivity index (χ2v) is 7.20. The van der Waals surface area contributed by atoms with Crippen molar-refractivity contribution in [3.8, 4) is 5.75 Å². The van der Waals surface area contributed by atoms with Crippen LogP contribution in [-0.4, -0.2) is 18.5 Å². The third-order valence-electron chi connectivity index (χ3n) is 6.02. The van der Waals surface area contributed by atoms with E-state index in [4.69, 9.17) is 0 Å². The van der Waals surface area contributed by atoms with Crippen LogP contribution in [0.4, 0.5) is 8.78 Å². The van der Waals surface area contributed by atoms with Crippen LogP contribution >= 0.6 is 0 Å². The Hall–Kier alpha value is -1.78. The Morgan fingerprint density at radius 1 is 1.26 bits per heavy atom. The second kappa shape index (κ2) is 5.69. The first-order valence-electron chi connectivity index (χ1n) is 7.99. The highest BCUT2D eigenvalue weighted by Crippen LogP contribution is 2.63. The minimum Gasteiger partial charge on any atom is -0.434 e. The molecule has 0 amide bonds. The number of para-hydroxylation sites is 1. The standard InChI is InChI=1S/C18H22F2N2O/c1-17(2)13-8-9-18(17,3)15(10-13)22-21-11-12-6-4-5-7-14(12)23-16(19)20/h4-7,11,13,16H,8-10H2,1-3H3/b21-11+,22-15+. The summed E-state index contributed by atoms with van der Waals surface area (Å²) in [6.07, 6.45) is 4.87. The van der Waals surface area contributed by atoms with E-state index < -0.39 is 6.61 Å².